The zero-order valence-corrected chi connectivity index (χ0v) is 6.56. The summed E-state index contributed by atoms with van der Waals surface area (Å²) in [6, 6.07) is 0. The highest BCUT2D eigenvalue weighted by atomic mass is 31.2. The fraction of sp³-hybridized carbons (Fsp3) is 1.00. The van der Waals surface area contributed by atoms with Crippen molar-refractivity contribution >= 4 is 8.60 Å². The predicted molar refractivity (Wildman–Crippen MR) is 35.0 cm³/mol. The Balaban J connectivity index is 2.05. The van der Waals surface area contributed by atoms with E-state index < -0.39 is 8.60 Å². The van der Waals surface area contributed by atoms with E-state index in [2.05, 4.69) is 0 Å². The van der Waals surface area contributed by atoms with Crippen LogP contribution in [0.2, 0.25) is 0 Å². The minimum atomic E-state index is -1.03. The summed E-state index contributed by atoms with van der Waals surface area (Å²) in [5.41, 5.74) is 0. The molecule has 0 atom stereocenters. The average molecular weight is 150 g/mol. The zero-order chi connectivity index (χ0) is 6.69. The van der Waals surface area contributed by atoms with Crippen LogP contribution in [0.3, 0.4) is 0 Å². The highest BCUT2D eigenvalue weighted by Crippen LogP contribution is 2.44. The highest BCUT2D eigenvalue weighted by Gasteiger charge is 2.27. The van der Waals surface area contributed by atoms with E-state index in [1.54, 1.807) is 14.2 Å². The van der Waals surface area contributed by atoms with Crippen LogP contribution in [0.5, 0.6) is 0 Å². The van der Waals surface area contributed by atoms with Crippen molar-refractivity contribution in [1.29, 1.82) is 0 Å². The molecule has 54 valence electrons. The SMILES string of the molecule is COP(OC)OC1CC1. The van der Waals surface area contributed by atoms with Gasteiger partial charge in [-0.3, -0.25) is 0 Å². The molecule has 0 amide bonds. The highest BCUT2D eigenvalue weighted by molar-refractivity contribution is 7.41. The van der Waals surface area contributed by atoms with E-state index in [9.17, 15) is 0 Å². The van der Waals surface area contributed by atoms with Gasteiger partial charge in [0.05, 0.1) is 6.10 Å². The van der Waals surface area contributed by atoms with E-state index in [1.165, 1.54) is 0 Å². The summed E-state index contributed by atoms with van der Waals surface area (Å²) in [7, 11) is 2.16. The van der Waals surface area contributed by atoms with Gasteiger partial charge in [-0.05, 0) is 12.8 Å². The minimum Gasteiger partial charge on any atom is -0.316 e. The van der Waals surface area contributed by atoms with Crippen molar-refractivity contribution in [2.24, 2.45) is 0 Å². The summed E-state index contributed by atoms with van der Waals surface area (Å²) in [6.45, 7) is 0. The van der Waals surface area contributed by atoms with E-state index in [0.29, 0.717) is 6.10 Å². The van der Waals surface area contributed by atoms with Crippen LogP contribution in [0.25, 0.3) is 0 Å². The van der Waals surface area contributed by atoms with Crippen LogP contribution in [0.1, 0.15) is 12.8 Å². The van der Waals surface area contributed by atoms with Gasteiger partial charge in [0.1, 0.15) is 0 Å². The van der Waals surface area contributed by atoms with Crippen LogP contribution < -0.4 is 0 Å². The van der Waals surface area contributed by atoms with Gasteiger partial charge in [-0.25, -0.2) is 0 Å². The molecule has 9 heavy (non-hydrogen) atoms. The second-order valence-corrected chi connectivity index (χ2v) is 3.28. The smallest absolute Gasteiger partial charge is 0.316 e. The lowest BCUT2D eigenvalue weighted by Gasteiger charge is -2.09. The topological polar surface area (TPSA) is 27.7 Å². The maximum absolute atomic E-state index is 5.28. The quantitative estimate of drug-likeness (QED) is 0.570. The lowest BCUT2D eigenvalue weighted by molar-refractivity contribution is 0.198. The molecule has 0 bridgehead atoms. The molecule has 0 radical (unpaired) electrons. The predicted octanol–water partition coefficient (Wildman–Crippen LogP) is 1.69. The Labute approximate surface area is 56.3 Å². The molecule has 0 aromatic rings. The molecule has 1 rings (SSSR count). The van der Waals surface area contributed by atoms with Crippen molar-refractivity contribution in [1.82, 2.24) is 0 Å². The maximum Gasteiger partial charge on any atom is 0.332 e. The molecule has 0 spiro atoms. The minimum absolute atomic E-state index is 0.413. The molecular formula is C5H11O3P. The van der Waals surface area contributed by atoms with Crippen molar-refractivity contribution in [3.63, 3.8) is 0 Å². The van der Waals surface area contributed by atoms with Crippen LogP contribution in [-0.2, 0) is 13.6 Å². The van der Waals surface area contributed by atoms with E-state index >= 15 is 0 Å². The Kier molecular flexibility index (Phi) is 2.86. The third-order valence-corrected chi connectivity index (χ3v) is 2.12. The molecule has 1 aliphatic rings. The largest absolute Gasteiger partial charge is 0.332 e. The van der Waals surface area contributed by atoms with Gasteiger partial charge >= 0.3 is 8.60 Å². The zero-order valence-electron chi connectivity index (χ0n) is 5.66. The van der Waals surface area contributed by atoms with Crippen LogP contribution in [0.4, 0.5) is 0 Å². The lowest BCUT2D eigenvalue weighted by Crippen LogP contribution is -1.90. The molecule has 1 aliphatic carbocycles. The Bertz CT molecular complexity index is 80.3. The summed E-state index contributed by atoms with van der Waals surface area (Å²) < 4.78 is 15.0. The van der Waals surface area contributed by atoms with Crippen LogP contribution in [-0.4, -0.2) is 20.3 Å². The van der Waals surface area contributed by atoms with E-state index in [4.69, 9.17) is 13.6 Å². The van der Waals surface area contributed by atoms with E-state index in [0.717, 1.165) is 12.8 Å². The second kappa shape index (κ2) is 3.47. The van der Waals surface area contributed by atoms with Crippen molar-refractivity contribution < 1.29 is 13.6 Å². The summed E-state index contributed by atoms with van der Waals surface area (Å²) in [5, 5.41) is 0. The van der Waals surface area contributed by atoms with Gasteiger partial charge in [-0.1, -0.05) is 0 Å². The summed E-state index contributed by atoms with van der Waals surface area (Å²) in [6.07, 6.45) is 2.73. The third-order valence-electron chi connectivity index (χ3n) is 1.06. The van der Waals surface area contributed by atoms with Crippen LogP contribution in [0.15, 0.2) is 0 Å². The fourth-order valence-corrected chi connectivity index (χ4v) is 1.23. The van der Waals surface area contributed by atoms with Crippen LogP contribution in [0, 0.1) is 0 Å². The molecule has 0 aliphatic heterocycles. The van der Waals surface area contributed by atoms with Gasteiger partial charge in [-0.15, -0.1) is 0 Å². The van der Waals surface area contributed by atoms with Gasteiger partial charge in [0.2, 0.25) is 0 Å². The van der Waals surface area contributed by atoms with Gasteiger partial charge < -0.3 is 13.6 Å². The molecule has 3 nitrogen and oxygen atoms in total. The molecular weight excluding hydrogens is 139 g/mol. The first-order chi connectivity index (χ1) is 4.36. The van der Waals surface area contributed by atoms with Crippen molar-refractivity contribution in [3.8, 4) is 0 Å². The monoisotopic (exact) mass is 150 g/mol. The van der Waals surface area contributed by atoms with Crippen LogP contribution >= 0.6 is 8.60 Å². The first-order valence-electron chi connectivity index (χ1n) is 2.92. The average Bonchev–Trinajstić information content (AvgIpc) is 2.66. The number of rotatable bonds is 4. The lowest BCUT2D eigenvalue weighted by atomic mass is 10.9. The second-order valence-electron chi connectivity index (χ2n) is 1.89. The molecule has 0 unspecified atom stereocenters. The van der Waals surface area contributed by atoms with E-state index in [1.807, 2.05) is 0 Å². The molecule has 0 N–H and O–H groups in total. The van der Waals surface area contributed by atoms with Gasteiger partial charge in [0.25, 0.3) is 0 Å². The first kappa shape index (κ1) is 7.42. The van der Waals surface area contributed by atoms with Crippen molar-refractivity contribution in [3.05, 3.63) is 0 Å². The molecule has 0 heterocycles. The Morgan fingerprint density at radius 3 is 2.11 bits per heavy atom. The number of hydrogen-bond acceptors (Lipinski definition) is 3. The molecule has 0 aromatic carbocycles. The number of hydrogen-bond donors (Lipinski definition) is 0. The normalized spacial score (nSPS) is 19.0. The maximum atomic E-state index is 5.28. The summed E-state index contributed by atoms with van der Waals surface area (Å²) in [5.74, 6) is 0. The van der Waals surface area contributed by atoms with Gasteiger partial charge in [0, 0.05) is 14.2 Å². The Hall–Kier alpha value is 0.310. The third kappa shape index (κ3) is 2.59. The van der Waals surface area contributed by atoms with Crippen molar-refractivity contribution in [2.75, 3.05) is 14.2 Å². The van der Waals surface area contributed by atoms with E-state index in [-0.39, 0.29) is 0 Å². The standard InChI is InChI=1S/C5H11O3P/c1-6-9(7-2)8-5-3-4-5/h5H,3-4H2,1-2H3. The Morgan fingerprint density at radius 2 is 1.78 bits per heavy atom. The summed E-state index contributed by atoms with van der Waals surface area (Å²) >= 11 is 0. The molecule has 0 aromatic heterocycles. The summed E-state index contributed by atoms with van der Waals surface area (Å²) in [4.78, 5) is 0. The molecule has 4 heteroatoms. The molecule has 0 saturated heterocycles. The van der Waals surface area contributed by atoms with Gasteiger partial charge in [0.15, 0.2) is 0 Å². The molecule has 1 fully saturated rings. The fourth-order valence-electron chi connectivity index (χ4n) is 0.456. The molecule has 1 saturated carbocycles. The Morgan fingerprint density at radius 1 is 1.22 bits per heavy atom. The van der Waals surface area contributed by atoms with Gasteiger partial charge in [-0.2, -0.15) is 0 Å². The van der Waals surface area contributed by atoms with Crippen molar-refractivity contribution in [2.45, 2.75) is 18.9 Å². The first-order valence-corrected chi connectivity index (χ1v) is 4.01.